The summed E-state index contributed by atoms with van der Waals surface area (Å²) in [5, 5.41) is 11.4. The lowest BCUT2D eigenvalue weighted by Crippen LogP contribution is -2.42. The van der Waals surface area contributed by atoms with E-state index in [0.717, 1.165) is 11.1 Å². The Morgan fingerprint density at radius 2 is 1.75 bits per heavy atom. The second kappa shape index (κ2) is 7.93. The smallest absolute Gasteiger partial charge is 0.313 e. The van der Waals surface area contributed by atoms with E-state index < -0.39 is 11.8 Å². The molecular formula is C19H19N3O2. The third-order valence-electron chi connectivity index (χ3n) is 3.82. The molecule has 0 spiro atoms. The maximum Gasteiger partial charge on any atom is 0.313 e. The van der Waals surface area contributed by atoms with Crippen LogP contribution in [0, 0.1) is 11.3 Å². The standard InChI is InChI=1S/C19H19N3O2/c1-14(12-13-20)22(2)19(24)18(23)21-17-11-7-6-10-16(17)15-8-4-3-5-9-15/h3-11,14H,12H2,1-2H3,(H,21,23)/t14-/m1/s1. The zero-order chi connectivity index (χ0) is 17.5. The van der Waals surface area contributed by atoms with Crippen LogP contribution in [0.1, 0.15) is 13.3 Å². The van der Waals surface area contributed by atoms with E-state index in [2.05, 4.69) is 5.32 Å². The van der Waals surface area contributed by atoms with Crippen molar-refractivity contribution in [3.05, 3.63) is 54.6 Å². The molecule has 122 valence electrons. The number of benzene rings is 2. The van der Waals surface area contributed by atoms with Gasteiger partial charge in [-0.25, -0.2) is 0 Å². The molecule has 0 fully saturated rings. The maximum absolute atomic E-state index is 12.3. The molecule has 0 saturated carbocycles. The largest absolute Gasteiger partial charge is 0.334 e. The van der Waals surface area contributed by atoms with Crippen LogP contribution in [0.5, 0.6) is 0 Å². The van der Waals surface area contributed by atoms with Crippen molar-refractivity contribution in [2.75, 3.05) is 12.4 Å². The molecule has 24 heavy (non-hydrogen) atoms. The van der Waals surface area contributed by atoms with Crippen molar-refractivity contribution in [1.82, 2.24) is 4.90 Å². The van der Waals surface area contributed by atoms with Gasteiger partial charge in [-0.15, -0.1) is 0 Å². The summed E-state index contributed by atoms with van der Waals surface area (Å²) in [6.45, 7) is 1.73. The fraction of sp³-hybridized carbons (Fsp3) is 0.211. The van der Waals surface area contributed by atoms with Gasteiger partial charge in [0.15, 0.2) is 0 Å². The van der Waals surface area contributed by atoms with Crippen molar-refractivity contribution < 1.29 is 9.59 Å². The summed E-state index contributed by atoms with van der Waals surface area (Å²) < 4.78 is 0. The van der Waals surface area contributed by atoms with Crippen LogP contribution in [-0.4, -0.2) is 29.8 Å². The van der Waals surface area contributed by atoms with E-state index in [1.165, 1.54) is 11.9 Å². The molecule has 0 aromatic heterocycles. The van der Waals surface area contributed by atoms with Crippen molar-refractivity contribution in [2.24, 2.45) is 0 Å². The number of nitrogens with one attached hydrogen (secondary N) is 1. The molecule has 0 bridgehead atoms. The Bertz CT molecular complexity index is 766. The van der Waals surface area contributed by atoms with Crippen LogP contribution in [0.15, 0.2) is 54.6 Å². The van der Waals surface area contributed by atoms with E-state index in [1.54, 1.807) is 19.1 Å². The van der Waals surface area contributed by atoms with Gasteiger partial charge in [0, 0.05) is 24.3 Å². The zero-order valence-electron chi connectivity index (χ0n) is 13.7. The summed E-state index contributed by atoms with van der Waals surface area (Å²) in [5.74, 6) is -1.38. The Kier molecular flexibility index (Phi) is 5.69. The van der Waals surface area contributed by atoms with E-state index in [4.69, 9.17) is 5.26 Å². The fourth-order valence-electron chi connectivity index (χ4n) is 2.27. The summed E-state index contributed by atoms with van der Waals surface area (Å²) in [6.07, 6.45) is 0.177. The summed E-state index contributed by atoms with van der Waals surface area (Å²) >= 11 is 0. The molecule has 0 aliphatic rings. The molecule has 0 radical (unpaired) electrons. The number of nitriles is 1. The van der Waals surface area contributed by atoms with Gasteiger partial charge in [0.25, 0.3) is 0 Å². The number of likely N-dealkylation sites (N-methyl/N-ethyl adjacent to an activating group) is 1. The zero-order valence-corrected chi connectivity index (χ0v) is 13.7. The summed E-state index contributed by atoms with van der Waals surface area (Å²) in [6, 6.07) is 18.6. The number of nitrogens with zero attached hydrogens (tertiary/aromatic N) is 2. The van der Waals surface area contributed by atoms with Gasteiger partial charge in [-0.1, -0.05) is 48.5 Å². The Morgan fingerprint density at radius 1 is 1.12 bits per heavy atom. The number of carbonyl (C=O) groups is 2. The van der Waals surface area contributed by atoms with Crippen molar-refractivity contribution in [1.29, 1.82) is 5.26 Å². The lowest BCUT2D eigenvalue weighted by Gasteiger charge is -2.22. The molecule has 0 unspecified atom stereocenters. The molecule has 0 aliphatic heterocycles. The van der Waals surface area contributed by atoms with Crippen molar-refractivity contribution in [3.8, 4) is 17.2 Å². The molecule has 0 saturated heterocycles. The van der Waals surface area contributed by atoms with E-state index in [1.807, 2.05) is 48.5 Å². The minimum Gasteiger partial charge on any atom is -0.334 e. The first-order chi connectivity index (χ1) is 11.5. The Labute approximate surface area is 141 Å². The highest BCUT2D eigenvalue weighted by Crippen LogP contribution is 2.27. The van der Waals surface area contributed by atoms with Crippen LogP contribution in [-0.2, 0) is 9.59 Å². The van der Waals surface area contributed by atoms with Crippen LogP contribution < -0.4 is 5.32 Å². The van der Waals surface area contributed by atoms with E-state index in [-0.39, 0.29) is 12.5 Å². The monoisotopic (exact) mass is 321 g/mol. The van der Waals surface area contributed by atoms with Crippen LogP contribution in [0.2, 0.25) is 0 Å². The summed E-state index contributed by atoms with van der Waals surface area (Å²) in [7, 11) is 1.52. The van der Waals surface area contributed by atoms with Gasteiger partial charge >= 0.3 is 11.8 Å². The van der Waals surface area contributed by atoms with Crippen LogP contribution >= 0.6 is 0 Å². The molecule has 2 rings (SSSR count). The summed E-state index contributed by atoms with van der Waals surface area (Å²) in [4.78, 5) is 25.8. The van der Waals surface area contributed by atoms with Gasteiger partial charge in [-0.2, -0.15) is 5.26 Å². The van der Waals surface area contributed by atoms with Gasteiger partial charge in [0.1, 0.15) is 0 Å². The van der Waals surface area contributed by atoms with Gasteiger partial charge in [-0.3, -0.25) is 9.59 Å². The van der Waals surface area contributed by atoms with Crippen molar-refractivity contribution >= 4 is 17.5 Å². The van der Waals surface area contributed by atoms with Crippen molar-refractivity contribution in [2.45, 2.75) is 19.4 Å². The Morgan fingerprint density at radius 3 is 2.42 bits per heavy atom. The molecule has 5 heteroatoms. The molecule has 1 N–H and O–H groups in total. The van der Waals surface area contributed by atoms with Gasteiger partial charge < -0.3 is 10.2 Å². The average molecular weight is 321 g/mol. The topological polar surface area (TPSA) is 73.2 Å². The highest BCUT2D eigenvalue weighted by molar-refractivity contribution is 6.39. The lowest BCUT2D eigenvalue weighted by molar-refractivity contribution is -0.143. The molecule has 2 aromatic carbocycles. The predicted molar refractivity (Wildman–Crippen MR) is 93.0 cm³/mol. The van der Waals surface area contributed by atoms with E-state index in [9.17, 15) is 9.59 Å². The number of hydrogen-bond acceptors (Lipinski definition) is 3. The average Bonchev–Trinajstić information content (AvgIpc) is 2.61. The summed E-state index contributed by atoms with van der Waals surface area (Å²) in [5.41, 5.74) is 2.36. The highest BCUT2D eigenvalue weighted by atomic mass is 16.2. The third kappa shape index (κ3) is 3.99. The number of carbonyl (C=O) groups excluding carboxylic acids is 2. The molecule has 5 nitrogen and oxygen atoms in total. The number of rotatable bonds is 4. The Hall–Kier alpha value is -3.13. The molecule has 0 heterocycles. The second-order valence-electron chi connectivity index (χ2n) is 5.49. The van der Waals surface area contributed by atoms with E-state index >= 15 is 0 Å². The lowest BCUT2D eigenvalue weighted by atomic mass is 10.0. The van der Waals surface area contributed by atoms with Crippen LogP contribution in [0.25, 0.3) is 11.1 Å². The minimum absolute atomic E-state index is 0.177. The Balaban J connectivity index is 2.19. The quantitative estimate of drug-likeness (QED) is 0.880. The predicted octanol–water partition coefficient (Wildman–Crippen LogP) is 3.05. The molecule has 1 atom stereocenters. The third-order valence-corrected chi connectivity index (χ3v) is 3.82. The van der Waals surface area contributed by atoms with Crippen LogP contribution in [0.4, 0.5) is 5.69 Å². The van der Waals surface area contributed by atoms with Crippen LogP contribution in [0.3, 0.4) is 0 Å². The number of anilines is 1. The molecule has 2 amide bonds. The maximum atomic E-state index is 12.3. The van der Waals surface area contributed by atoms with E-state index in [0.29, 0.717) is 5.69 Å². The van der Waals surface area contributed by atoms with Gasteiger partial charge in [0.05, 0.1) is 12.5 Å². The second-order valence-corrected chi connectivity index (χ2v) is 5.49. The first-order valence-electron chi connectivity index (χ1n) is 7.64. The number of hydrogen-bond donors (Lipinski definition) is 1. The highest BCUT2D eigenvalue weighted by Gasteiger charge is 2.23. The fourth-order valence-corrected chi connectivity index (χ4v) is 2.27. The van der Waals surface area contributed by atoms with Gasteiger partial charge in [0.2, 0.25) is 0 Å². The number of para-hydroxylation sites is 1. The first-order valence-corrected chi connectivity index (χ1v) is 7.64. The van der Waals surface area contributed by atoms with Crippen molar-refractivity contribution in [3.63, 3.8) is 0 Å². The number of amides is 2. The van der Waals surface area contributed by atoms with Gasteiger partial charge in [-0.05, 0) is 18.6 Å². The molecular weight excluding hydrogens is 302 g/mol. The minimum atomic E-state index is -0.717. The normalized spacial score (nSPS) is 11.2. The first kappa shape index (κ1) is 17.2. The SMILES string of the molecule is C[C@H](CC#N)N(C)C(=O)C(=O)Nc1ccccc1-c1ccccc1. The molecule has 0 aliphatic carbocycles. The molecule has 2 aromatic rings.